The highest BCUT2D eigenvalue weighted by atomic mass is 16.6. The SMILES string of the molecule is CCOC(=O)C(C(=O)OCC)=C1CCC[C@@H]2CN12. The number of allylic oxidation sites excluding steroid dienone is 1. The summed E-state index contributed by atoms with van der Waals surface area (Å²) in [7, 11) is 0. The van der Waals surface area contributed by atoms with Gasteiger partial charge in [-0.3, -0.25) is 0 Å². The standard InChI is InChI=1S/C13H19NO4/c1-3-17-12(15)11(13(16)18-4-2)10-7-5-6-9-8-14(9)10/h9H,3-8H2,1-2H3/t9-,14?/m1/s1. The molecule has 0 N–H and O–H groups in total. The first-order chi connectivity index (χ1) is 8.69. The van der Waals surface area contributed by atoms with Gasteiger partial charge in [0, 0.05) is 18.3 Å². The van der Waals surface area contributed by atoms with Gasteiger partial charge in [0.2, 0.25) is 0 Å². The van der Waals surface area contributed by atoms with Gasteiger partial charge in [-0.25, -0.2) is 9.59 Å². The predicted molar refractivity (Wildman–Crippen MR) is 64.6 cm³/mol. The van der Waals surface area contributed by atoms with Crippen LogP contribution >= 0.6 is 0 Å². The summed E-state index contributed by atoms with van der Waals surface area (Å²) in [6, 6.07) is 0.507. The molecule has 0 aromatic carbocycles. The Morgan fingerprint density at radius 2 is 1.83 bits per heavy atom. The van der Waals surface area contributed by atoms with Crippen molar-refractivity contribution in [1.29, 1.82) is 0 Å². The minimum absolute atomic E-state index is 0.0981. The van der Waals surface area contributed by atoms with Crippen molar-refractivity contribution in [3.8, 4) is 0 Å². The highest BCUT2D eigenvalue weighted by Gasteiger charge is 2.42. The third kappa shape index (κ3) is 2.49. The second-order valence-electron chi connectivity index (χ2n) is 4.46. The molecule has 0 aromatic rings. The number of ether oxygens (including phenoxy) is 2. The van der Waals surface area contributed by atoms with Crippen LogP contribution in [0, 0.1) is 0 Å². The molecular formula is C13H19NO4. The lowest BCUT2D eigenvalue weighted by Crippen LogP contribution is -2.24. The molecule has 2 aliphatic rings. The van der Waals surface area contributed by atoms with E-state index in [0.717, 1.165) is 31.5 Å². The molecule has 100 valence electrons. The van der Waals surface area contributed by atoms with Gasteiger partial charge in [-0.1, -0.05) is 0 Å². The smallest absolute Gasteiger partial charge is 0.347 e. The van der Waals surface area contributed by atoms with Crippen molar-refractivity contribution in [2.75, 3.05) is 19.8 Å². The maximum Gasteiger partial charge on any atom is 0.347 e. The maximum absolute atomic E-state index is 11.9. The molecule has 0 unspecified atom stereocenters. The molecule has 0 amide bonds. The Morgan fingerprint density at radius 3 is 2.39 bits per heavy atom. The van der Waals surface area contributed by atoms with Crippen molar-refractivity contribution in [2.45, 2.75) is 39.2 Å². The highest BCUT2D eigenvalue weighted by Crippen LogP contribution is 2.38. The van der Waals surface area contributed by atoms with Crippen molar-refractivity contribution in [2.24, 2.45) is 0 Å². The number of carbonyl (C=O) groups is 2. The van der Waals surface area contributed by atoms with Crippen LogP contribution in [0.15, 0.2) is 11.3 Å². The van der Waals surface area contributed by atoms with Crippen LogP contribution in [0.1, 0.15) is 33.1 Å². The van der Waals surface area contributed by atoms with Crippen LogP contribution in [0.5, 0.6) is 0 Å². The Labute approximate surface area is 107 Å². The number of carbonyl (C=O) groups excluding carboxylic acids is 2. The van der Waals surface area contributed by atoms with Gasteiger partial charge in [0.15, 0.2) is 5.57 Å². The lowest BCUT2D eigenvalue weighted by molar-refractivity contribution is -0.146. The number of hydrogen-bond acceptors (Lipinski definition) is 5. The second kappa shape index (κ2) is 5.42. The Bertz CT molecular complexity index is 368. The van der Waals surface area contributed by atoms with Crippen LogP contribution in [-0.2, 0) is 19.1 Å². The lowest BCUT2D eigenvalue weighted by atomic mass is 10.0. The van der Waals surface area contributed by atoms with Gasteiger partial charge in [-0.05, 0) is 33.1 Å². The van der Waals surface area contributed by atoms with E-state index < -0.39 is 11.9 Å². The molecular weight excluding hydrogens is 234 g/mol. The molecule has 2 rings (SSSR count). The van der Waals surface area contributed by atoms with E-state index in [0.29, 0.717) is 6.04 Å². The van der Waals surface area contributed by atoms with Gasteiger partial charge >= 0.3 is 11.9 Å². The van der Waals surface area contributed by atoms with Crippen molar-refractivity contribution < 1.29 is 19.1 Å². The van der Waals surface area contributed by atoms with E-state index in [2.05, 4.69) is 4.90 Å². The average Bonchev–Trinajstić information content (AvgIpc) is 3.10. The zero-order valence-electron chi connectivity index (χ0n) is 10.9. The summed E-state index contributed by atoms with van der Waals surface area (Å²) >= 11 is 0. The van der Waals surface area contributed by atoms with E-state index >= 15 is 0 Å². The molecule has 2 saturated heterocycles. The van der Waals surface area contributed by atoms with Crippen LogP contribution in [0.3, 0.4) is 0 Å². The number of rotatable bonds is 4. The summed E-state index contributed by atoms with van der Waals surface area (Å²) in [6.07, 6.45) is 2.91. The molecule has 0 bridgehead atoms. The van der Waals surface area contributed by atoms with Crippen molar-refractivity contribution >= 4 is 11.9 Å². The highest BCUT2D eigenvalue weighted by molar-refractivity contribution is 6.14. The molecule has 2 heterocycles. The molecule has 0 saturated carbocycles. The molecule has 5 heteroatoms. The molecule has 2 aliphatic heterocycles. The Balaban J connectivity index is 2.25. The van der Waals surface area contributed by atoms with E-state index in [-0.39, 0.29) is 18.8 Å². The summed E-state index contributed by atoms with van der Waals surface area (Å²) in [4.78, 5) is 25.9. The minimum atomic E-state index is -0.557. The van der Waals surface area contributed by atoms with Gasteiger partial charge in [0.05, 0.1) is 13.2 Å². The Morgan fingerprint density at radius 1 is 1.22 bits per heavy atom. The lowest BCUT2D eigenvalue weighted by Gasteiger charge is -2.19. The fourth-order valence-electron chi connectivity index (χ4n) is 2.40. The van der Waals surface area contributed by atoms with E-state index in [1.165, 1.54) is 0 Å². The first-order valence-corrected chi connectivity index (χ1v) is 6.53. The zero-order valence-corrected chi connectivity index (χ0v) is 10.9. The van der Waals surface area contributed by atoms with Crippen LogP contribution in [-0.4, -0.2) is 42.6 Å². The third-order valence-corrected chi connectivity index (χ3v) is 3.26. The summed E-state index contributed by atoms with van der Waals surface area (Å²) in [6.45, 7) is 4.92. The van der Waals surface area contributed by atoms with Crippen molar-refractivity contribution in [3.05, 3.63) is 11.3 Å². The largest absolute Gasteiger partial charge is 0.462 e. The van der Waals surface area contributed by atoms with Gasteiger partial charge in [0.1, 0.15) is 0 Å². The first kappa shape index (κ1) is 12.9. The van der Waals surface area contributed by atoms with E-state index in [1.807, 2.05) is 0 Å². The predicted octanol–water partition coefficient (Wildman–Crippen LogP) is 1.23. The fourth-order valence-corrected chi connectivity index (χ4v) is 2.40. The fraction of sp³-hybridized carbons (Fsp3) is 0.692. The summed E-state index contributed by atoms with van der Waals surface area (Å²) in [5.41, 5.74) is 0.907. The topological polar surface area (TPSA) is 55.6 Å². The van der Waals surface area contributed by atoms with Gasteiger partial charge in [-0.2, -0.15) is 0 Å². The van der Waals surface area contributed by atoms with E-state index in [4.69, 9.17) is 9.47 Å². The molecule has 0 aromatic heterocycles. The molecule has 0 radical (unpaired) electrons. The Kier molecular flexibility index (Phi) is 3.89. The maximum atomic E-state index is 11.9. The van der Waals surface area contributed by atoms with Crippen LogP contribution in [0.25, 0.3) is 0 Å². The average molecular weight is 253 g/mol. The number of esters is 2. The number of piperidine rings is 1. The van der Waals surface area contributed by atoms with Crippen LogP contribution in [0.2, 0.25) is 0 Å². The third-order valence-electron chi connectivity index (χ3n) is 3.26. The first-order valence-electron chi connectivity index (χ1n) is 6.53. The molecule has 1 atom stereocenters. The zero-order chi connectivity index (χ0) is 13.1. The van der Waals surface area contributed by atoms with Gasteiger partial charge < -0.3 is 14.4 Å². The number of fused-ring (bicyclic) bond motifs is 1. The molecule has 0 spiro atoms. The monoisotopic (exact) mass is 253 g/mol. The summed E-state index contributed by atoms with van der Waals surface area (Å²) in [5, 5.41) is 0. The second-order valence-corrected chi connectivity index (χ2v) is 4.46. The molecule has 0 aliphatic carbocycles. The quantitative estimate of drug-likeness (QED) is 0.248. The van der Waals surface area contributed by atoms with Crippen molar-refractivity contribution in [3.63, 3.8) is 0 Å². The molecule has 5 nitrogen and oxygen atoms in total. The van der Waals surface area contributed by atoms with Gasteiger partial charge in [-0.15, -0.1) is 0 Å². The Hall–Kier alpha value is -1.52. The van der Waals surface area contributed by atoms with E-state index in [1.54, 1.807) is 13.8 Å². The molecule has 18 heavy (non-hydrogen) atoms. The summed E-state index contributed by atoms with van der Waals surface area (Å²) in [5.74, 6) is -1.11. The van der Waals surface area contributed by atoms with Crippen LogP contribution < -0.4 is 0 Å². The van der Waals surface area contributed by atoms with Gasteiger partial charge in [0.25, 0.3) is 0 Å². The normalized spacial score (nSPS) is 21.1. The summed E-state index contributed by atoms with van der Waals surface area (Å²) < 4.78 is 9.93. The molecule has 2 fully saturated rings. The van der Waals surface area contributed by atoms with Crippen LogP contribution in [0.4, 0.5) is 0 Å². The minimum Gasteiger partial charge on any atom is -0.462 e. The number of nitrogens with zero attached hydrogens (tertiary/aromatic N) is 1. The van der Waals surface area contributed by atoms with E-state index in [9.17, 15) is 9.59 Å². The number of hydrogen-bond donors (Lipinski definition) is 0. The van der Waals surface area contributed by atoms with Crippen molar-refractivity contribution in [1.82, 2.24) is 4.90 Å².